The maximum absolute atomic E-state index is 11.9. The van der Waals surface area contributed by atoms with Gasteiger partial charge in [0.05, 0.1) is 18.9 Å². The number of unbranched alkanes of at least 4 members (excludes halogenated alkanes) is 1. The number of nitrogens with one attached hydrogen (secondary N) is 2. The molecule has 0 aromatic heterocycles. The lowest BCUT2D eigenvalue weighted by Crippen LogP contribution is -2.30. The zero-order valence-electron chi connectivity index (χ0n) is 12.9. The molecule has 2 N–H and O–H groups in total. The third kappa shape index (κ3) is 7.05. The first-order valence-corrected chi connectivity index (χ1v) is 7.25. The lowest BCUT2D eigenvalue weighted by atomic mass is 10.2. The van der Waals surface area contributed by atoms with Gasteiger partial charge in [0.2, 0.25) is 0 Å². The van der Waals surface area contributed by atoms with Crippen LogP contribution in [-0.4, -0.2) is 31.6 Å². The summed E-state index contributed by atoms with van der Waals surface area (Å²) in [6.07, 6.45) is 1.91. The number of anilines is 1. The van der Waals surface area contributed by atoms with Gasteiger partial charge in [0, 0.05) is 5.56 Å². The summed E-state index contributed by atoms with van der Waals surface area (Å²) in [6.45, 7) is 4.36. The fourth-order valence-electron chi connectivity index (χ4n) is 1.51. The van der Waals surface area contributed by atoms with Crippen LogP contribution in [0.25, 0.3) is 0 Å². The molecule has 0 unspecified atom stereocenters. The Morgan fingerprint density at radius 1 is 1.23 bits per heavy atom. The van der Waals surface area contributed by atoms with Gasteiger partial charge in [-0.25, -0.2) is 10.4 Å². The molecule has 0 radical (unpaired) electrons. The SMILES string of the molecule is CCCCOONc1cccc(C(=O)NCC(=O)OCC)c1. The van der Waals surface area contributed by atoms with Crippen molar-refractivity contribution in [1.29, 1.82) is 0 Å². The number of benzene rings is 1. The van der Waals surface area contributed by atoms with E-state index in [1.165, 1.54) is 0 Å². The Balaban J connectivity index is 2.42. The molecule has 22 heavy (non-hydrogen) atoms. The van der Waals surface area contributed by atoms with Crippen LogP contribution in [0.3, 0.4) is 0 Å². The first kappa shape index (κ1) is 17.9. The van der Waals surface area contributed by atoms with E-state index in [4.69, 9.17) is 14.6 Å². The summed E-state index contributed by atoms with van der Waals surface area (Å²) in [4.78, 5) is 32.8. The third-order valence-electron chi connectivity index (χ3n) is 2.62. The molecule has 0 fully saturated rings. The van der Waals surface area contributed by atoms with E-state index in [2.05, 4.69) is 17.7 Å². The molecule has 122 valence electrons. The fraction of sp³-hybridized carbons (Fsp3) is 0.467. The highest BCUT2D eigenvalue weighted by atomic mass is 17.3. The van der Waals surface area contributed by atoms with E-state index in [0.717, 1.165) is 12.8 Å². The summed E-state index contributed by atoms with van der Waals surface area (Å²) in [6, 6.07) is 6.63. The second-order valence-electron chi connectivity index (χ2n) is 4.43. The molecule has 1 amide bonds. The Morgan fingerprint density at radius 2 is 2.05 bits per heavy atom. The Hall–Kier alpha value is -2.12. The molecule has 7 nitrogen and oxygen atoms in total. The first-order chi connectivity index (χ1) is 10.7. The van der Waals surface area contributed by atoms with Gasteiger partial charge < -0.3 is 10.1 Å². The lowest BCUT2D eigenvalue weighted by Gasteiger charge is -2.08. The van der Waals surface area contributed by atoms with Gasteiger partial charge in [-0.3, -0.25) is 9.59 Å². The molecule has 1 aromatic rings. The van der Waals surface area contributed by atoms with E-state index in [1.54, 1.807) is 31.2 Å². The molecule has 0 saturated heterocycles. The van der Waals surface area contributed by atoms with Crippen molar-refractivity contribution in [2.45, 2.75) is 26.7 Å². The number of rotatable bonds is 10. The summed E-state index contributed by atoms with van der Waals surface area (Å²) < 4.78 is 4.73. The van der Waals surface area contributed by atoms with Crippen molar-refractivity contribution < 1.29 is 24.2 Å². The molecule has 0 heterocycles. The minimum Gasteiger partial charge on any atom is -0.465 e. The number of hydrogen-bond acceptors (Lipinski definition) is 6. The Bertz CT molecular complexity index is 479. The predicted molar refractivity (Wildman–Crippen MR) is 81.0 cm³/mol. The van der Waals surface area contributed by atoms with Gasteiger partial charge in [0.1, 0.15) is 6.54 Å². The van der Waals surface area contributed by atoms with Gasteiger partial charge >= 0.3 is 5.97 Å². The monoisotopic (exact) mass is 310 g/mol. The Kier molecular flexibility index (Phi) is 8.63. The molecule has 0 aliphatic rings. The molecule has 0 aliphatic heterocycles. The average molecular weight is 310 g/mol. The molecule has 0 aliphatic carbocycles. The molecule has 0 spiro atoms. The van der Waals surface area contributed by atoms with Gasteiger partial charge in [0.15, 0.2) is 0 Å². The van der Waals surface area contributed by atoms with Crippen LogP contribution in [0, 0.1) is 0 Å². The zero-order chi connectivity index (χ0) is 16.2. The Labute approximate surface area is 129 Å². The van der Waals surface area contributed by atoms with E-state index in [-0.39, 0.29) is 19.1 Å². The van der Waals surface area contributed by atoms with Gasteiger partial charge in [-0.15, -0.1) is 4.99 Å². The van der Waals surface area contributed by atoms with Crippen molar-refractivity contribution in [3.05, 3.63) is 29.8 Å². The molecular formula is C15H22N2O5. The van der Waals surface area contributed by atoms with Crippen LogP contribution < -0.4 is 10.8 Å². The molecular weight excluding hydrogens is 288 g/mol. The third-order valence-corrected chi connectivity index (χ3v) is 2.62. The minimum absolute atomic E-state index is 0.166. The fourth-order valence-corrected chi connectivity index (χ4v) is 1.51. The van der Waals surface area contributed by atoms with E-state index in [1.807, 2.05) is 0 Å². The Morgan fingerprint density at radius 3 is 2.77 bits per heavy atom. The largest absolute Gasteiger partial charge is 0.465 e. The number of amides is 1. The highest BCUT2D eigenvalue weighted by molar-refractivity contribution is 5.96. The number of ether oxygens (including phenoxy) is 1. The van der Waals surface area contributed by atoms with Crippen LogP contribution in [0.1, 0.15) is 37.0 Å². The first-order valence-electron chi connectivity index (χ1n) is 7.25. The molecule has 0 bridgehead atoms. The second-order valence-corrected chi connectivity index (χ2v) is 4.43. The van der Waals surface area contributed by atoms with Gasteiger partial charge in [-0.1, -0.05) is 19.4 Å². The van der Waals surface area contributed by atoms with E-state index < -0.39 is 5.97 Å². The highest BCUT2D eigenvalue weighted by Crippen LogP contribution is 2.10. The number of carbonyl (C=O) groups excluding carboxylic acids is 2. The van der Waals surface area contributed by atoms with Crippen molar-refractivity contribution in [2.75, 3.05) is 25.2 Å². The summed E-state index contributed by atoms with van der Waals surface area (Å²) >= 11 is 0. The molecule has 0 saturated carbocycles. The maximum Gasteiger partial charge on any atom is 0.325 e. The van der Waals surface area contributed by atoms with Crippen molar-refractivity contribution >= 4 is 17.6 Å². The number of esters is 1. The summed E-state index contributed by atoms with van der Waals surface area (Å²) in [5.41, 5.74) is 3.55. The quantitative estimate of drug-likeness (QED) is 0.298. The van der Waals surface area contributed by atoms with Gasteiger partial charge in [0.25, 0.3) is 5.91 Å². The smallest absolute Gasteiger partial charge is 0.325 e. The zero-order valence-corrected chi connectivity index (χ0v) is 12.9. The van der Waals surface area contributed by atoms with Crippen LogP contribution in [0.5, 0.6) is 0 Å². The van der Waals surface area contributed by atoms with Crippen molar-refractivity contribution in [3.8, 4) is 0 Å². The van der Waals surface area contributed by atoms with Crippen molar-refractivity contribution in [2.24, 2.45) is 0 Å². The maximum atomic E-state index is 11.9. The van der Waals surface area contributed by atoms with E-state index >= 15 is 0 Å². The standard InChI is InChI=1S/C15H22N2O5/c1-3-5-9-21-22-17-13-8-6-7-12(10-13)15(19)16-11-14(18)20-4-2/h6-8,10,17H,3-5,9,11H2,1-2H3,(H,16,19). The van der Waals surface area contributed by atoms with Gasteiger partial charge in [-0.2, -0.15) is 0 Å². The number of carbonyl (C=O) groups is 2. The van der Waals surface area contributed by atoms with Crippen LogP contribution in [0.15, 0.2) is 24.3 Å². The van der Waals surface area contributed by atoms with Gasteiger partial charge in [-0.05, 0) is 31.5 Å². The number of hydrogen-bond donors (Lipinski definition) is 2. The summed E-state index contributed by atoms with van der Waals surface area (Å²) in [5.74, 6) is -0.846. The highest BCUT2D eigenvalue weighted by Gasteiger charge is 2.09. The normalized spacial score (nSPS) is 10.1. The van der Waals surface area contributed by atoms with Crippen LogP contribution in [0.4, 0.5) is 5.69 Å². The topological polar surface area (TPSA) is 85.9 Å². The minimum atomic E-state index is -0.474. The molecule has 1 aromatic carbocycles. The lowest BCUT2D eigenvalue weighted by molar-refractivity contribution is -0.272. The molecule has 0 atom stereocenters. The van der Waals surface area contributed by atoms with Crippen molar-refractivity contribution in [3.63, 3.8) is 0 Å². The molecule has 1 rings (SSSR count). The summed E-state index contributed by atoms with van der Waals surface area (Å²) in [7, 11) is 0. The van der Waals surface area contributed by atoms with Crippen LogP contribution >= 0.6 is 0 Å². The second kappa shape index (κ2) is 10.6. The van der Waals surface area contributed by atoms with Crippen LogP contribution in [-0.2, 0) is 19.4 Å². The average Bonchev–Trinajstić information content (AvgIpc) is 2.53. The molecule has 7 heteroatoms. The van der Waals surface area contributed by atoms with E-state index in [0.29, 0.717) is 17.9 Å². The predicted octanol–water partition coefficient (Wildman–Crippen LogP) is 2.05. The van der Waals surface area contributed by atoms with Crippen LogP contribution in [0.2, 0.25) is 0 Å². The van der Waals surface area contributed by atoms with E-state index in [9.17, 15) is 9.59 Å². The van der Waals surface area contributed by atoms with Crippen molar-refractivity contribution in [1.82, 2.24) is 5.32 Å². The summed E-state index contributed by atoms with van der Waals surface area (Å²) in [5, 5.41) is 2.48.